The molecule has 0 aliphatic heterocycles. The topological polar surface area (TPSA) is 55.8 Å². The number of ether oxygens (including phenoxy) is 2. The summed E-state index contributed by atoms with van der Waals surface area (Å²) in [6.45, 7) is 3.59. The molecule has 110 valence electrons. The first-order valence-corrected chi connectivity index (χ1v) is 6.38. The summed E-state index contributed by atoms with van der Waals surface area (Å²) in [6.07, 6.45) is 0. The van der Waals surface area contributed by atoms with Crippen LogP contribution in [0.3, 0.4) is 0 Å². The first-order valence-electron chi connectivity index (χ1n) is 6.38. The number of esters is 2. The lowest BCUT2D eigenvalue weighted by atomic mass is 10.2. The Kier molecular flexibility index (Phi) is 6.49. The van der Waals surface area contributed by atoms with Gasteiger partial charge in [0.25, 0.3) is 0 Å². The quantitative estimate of drug-likeness (QED) is 0.714. The normalized spacial score (nSPS) is 9.95. The number of rotatable bonds is 7. The van der Waals surface area contributed by atoms with Crippen LogP contribution in [0.1, 0.15) is 13.8 Å². The van der Waals surface area contributed by atoms with Gasteiger partial charge >= 0.3 is 11.9 Å². The molecule has 0 heterocycles. The molecule has 0 amide bonds. The van der Waals surface area contributed by atoms with Crippen LogP contribution >= 0.6 is 0 Å². The molecule has 0 saturated heterocycles. The van der Waals surface area contributed by atoms with Crippen LogP contribution in [0, 0.1) is 5.82 Å². The predicted molar refractivity (Wildman–Crippen MR) is 71.9 cm³/mol. The molecule has 0 atom stereocenters. The number of nitrogens with zero attached hydrogens (tertiary/aromatic N) is 1. The van der Waals surface area contributed by atoms with E-state index >= 15 is 0 Å². The summed E-state index contributed by atoms with van der Waals surface area (Å²) in [7, 11) is 0. The number of carbonyl (C=O) groups is 2. The second-order valence-electron chi connectivity index (χ2n) is 3.95. The maximum absolute atomic E-state index is 13.2. The van der Waals surface area contributed by atoms with E-state index in [1.807, 2.05) is 0 Å². The van der Waals surface area contributed by atoms with Gasteiger partial charge in [0.2, 0.25) is 0 Å². The van der Waals surface area contributed by atoms with Crippen LogP contribution in [0.4, 0.5) is 10.1 Å². The molecule has 0 aliphatic carbocycles. The fraction of sp³-hybridized carbons (Fsp3) is 0.429. The number of benzene rings is 1. The van der Waals surface area contributed by atoms with E-state index in [4.69, 9.17) is 9.47 Å². The lowest BCUT2D eigenvalue weighted by molar-refractivity contribution is -0.142. The van der Waals surface area contributed by atoms with Crippen LogP contribution in [0.2, 0.25) is 0 Å². The molecule has 0 saturated carbocycles. The highest BCUT2D eigenvalue weighted by Gasteiger charge is 2.17. The van der Waals surface area contributed by atoms with Gasteiger partial charge in [-0.25, -0.2) is 4.39 Å². The number of halogens is 1. The Balaban J connectivity index is 2.83. The molecule has 0 bridgehead atoms. The van der Waals surface area contributed by atoms with Crippen molar-refractivity contribution in [2.45, 2.75) is 13.8 Å². The second kappa shape index (κ2) is 8.14. The highest BCUT2D eigenvalue weighted by Crippen LogP contribution is 2.15. The Morgan fingerprint density at radius 3 is 2.10 bits per heavy atom. The van der Waals surface area contributed by atoms with E-state index < -0.39 is 17.8 Å². The minimum absolute atomic E-state index is 0.143. The maximum Gasteiger partial charge on any atom is 0.325 e. The number of anilines is 1. The van der Waals surface area contributed by atoms with Crippen LogP contribution in [0.5, 0.6) is 0 Å². The highest BCUT2D eigenvalue weighted by atomic mass is 19.1. The third-order valence-electron chi connectivity index (χ3n) is 2.42. The molecule has 0 radical (unpaired) electrons. The zero-order valence-corrected chi connectivity index (χ0v) is 11.6. The molecule has 0 fully saturated rings. The van der Waals surface area contributed by atoms with E-state index in [2.05, 4.69) is 0 Å². The van der Waals surface area contributed by atoms with Gasteiger partial charge in [-0.1, -0.05) is 6.07 Å². The molecule has 5 nitrogen and oxygen atoms in total. The molecule has 0 aromatic heterocycles. The molecule has 0 spiro atoms. The summed E-state index contributed by atoms with van der Waals surface area (Å²) in [5.74, 6) is -1.41. The fourth-order valence-corrected chi connectivity index (χ4v) is 1.64. The van der Waals surface area contributed by atoms with E-state index in [1.165, 1.54) is 23.1 Å². The van der Waals surface area contributed by atoms with Crippen LogP contribution in [-0.4, -0.2) is 38.2 Å². The second-order valence-corrected chi connectivity index (χ2v) is 3.95. The van der Waals surface area contributed by atoms with E-state index in [1.54, 1.807) is 19.9 Å². The zero-order valence-electron chi connectivity index (χ0n) is 11.6. The minimum atomic E-state index is -0.485. The SMILES string of the molecule is CCOC(=O)CN(CC(=O)OCC)c1cccc(F)c1. The van der Waals surface area contributed by atoms with Gasteiger partial charge in [0.05, 0.1) is 13.2 Å². The standard InChI is InChI=1S/C14H18FNO4/c1-3-19-13(17)9-16(10-14(18)20-4-2)12-7-5-6-11(15)8-12/h5-8H,3-4,9-10H2,1-2H3. The predicted octanol–water partition coefficient (Wildman–Crippen LogP) is 1.76. The number of hydrogen-bond acceptors (Lipinski definition) is 5. The Bertz CT molecular complexity index is 444. The molecule has 20 heavy (non-hydrogen) atoms. The van der Waals surface area contributed by atoms with E-state index in [9.17, 15) is 14.0 Å². The molecular formula is C14H18FNO4. The third kappa shape index (κ3) is 5.26. The Labute approximate surface area is 117 Å². The molecule has 0 N–H and O–H groups in total. The molecule has 0 aliphatic rings. The van der Waals surface area contributed by atoms with Gasteiger partial charge in [0.1, 0.15) is 18.9 Å². The highest BCUT2D eigenvalue weighted by molar-refractivity contribution is 5.81. The van der Waals surface area contributed by atoms with Crippen molar-refractivity contribution in [3.63, 3.8) is 0 Å². The number of hydrogen-bond donors (Lipinski definition) is 0. The van der Waals surface area contributed by atoms with Gasteiger partial charge in [-0.15, -0.1) is 0 Å². The van der Waals surface area contributed by atoms with Crippen molar-refractivity contribution in [3.05, 3.63) is 30.1 Å². The van der Waals surface area contributed by atoms with Crippen molar-refractivity contribution in [3.8, 4) is 0 Å². The first-order chi connectivity index (χ1) is 9.56. The van der Waals surface area contributed by atoms with E-state index in [0.717, 1.165) is 0 Å². The van der Waals surface area contributed by atoms with Gasteiger partial charge in [-0.2, -0.15) is 0 Å². The van der Waals surface area contributed by atoms with Gasteiger partial charge in [0, 0.05) is 5.69 Å². The van der Waals surface area contributed by atoms with Crippen LogP contribution in [0.15, 0.2) is 24.3 Å². The first kappa shape index (κ1) is 15.9. The molecule has 1 rings (SSSR count). The van der Waals surface area contributed by atoms with Crippen LogP contribution in [0.25, 0.3) is 0 Å². The zero-order chi connectivity index (χ0) is 15.0. The monoisotopic (exact) mass is 283 g/mol. The lowest BCUT2D eigenvalue weighted by Crippen LogP contribution is -2.36. The van der Waals surface area contributed by atoms with Gasteiger partial charge in [0.15, 0.2) is 0 Å². The van der Waals surface area contributed by atoms with Crippen molar-refractivity contribution >= 4 is 17.6 Å². The summed E-state index contributed by atoms with van der Waals surface area (Å²) in [5.41, 5.74) is 0.422. The largest absolute Gasteiger partial charge is 0.465 e. The van der Waals surface area contributed by atoms with Crippen LogP contribution in [-0.2, 0) is 19.1 Å². The molecule has 0 unspecified atom stereocenters. The Morgan fingerprint density at radius 2 is 1.65 bits per heavy atom. The summed E-state index contributed by atoms with van der Waals surface area (Å²) < 4.78 is 22.9. The van der Waals surface area contributed by atoms with Crippen molar-refractivity contribution in [2.24, 2.45) is 0 Å². The Morgan fingerprint density at radius 1 is 1.10 bits per heavy atom. The third-order valence-corrected chi connectivity index (χ3v) is 2.42. The van der Waals surface area contributed by atoms with Crippen molar-refractivity contribution in [1.82, 2.24) is 0 Å². The average Bonchev–Trinajstić information content (AvgIpc) is 2.38. The van der Waals surface area contributed by atoms with E-state index in [0.29, 0.717) is 5.69 Å². The maximum atomic E-state index is 13.2. The summed E-state index contributed by atoms with van der Waals surface area (Å²) in [4.78, 5) is 24.5. The smallest absolute Gasteiger partial charge is 0.325 e. The Hall–Kier alpha value is -2.11. The summed E-state index contributed by atoms with van der Waals surface area (Å²) in [6, 6.07) is 5.66. The van der Waals surface area contributed by atoms with Crippen LogP contribution < -0.4 is 4.90 Å². The van der Waals surface area contributed by atoms with Gasteiger partial charge < -0.3 is 14.4 Å². The van der Waals surface area contributed by atoms with Crippen molar-refractivity contribution in [2.75, 3.05) is 31.2 Å². The minimum Gasteiger partial charge on any atom is -0.465 e. The fourth-order valence-electron chi connectivity index (χ4n) is 1.64. The molecular weight excluding hydrogens is 265 g/mol. The summed E-state index contributed by atoms with van der Waals surface area (Å²) >= 11 is 0. The molecule has 1 aromatic carbocycles. The van der Waals surface area contributed by atoms with Gasteiger partial charge in [-0.05, 0) is 32.0 Å². The number of carbonyl (C=O) groups excluding carboxylic acids is 2. The van der Waals surface area contributed by atoms with Crippen molar-refractivity contribution in [1.29, 1.82) is 0 Å². The van der Waals surface area contributed by atoms with Crippen molar-refractivity contribution < 1.29 is 23.5 Å². The van der Waals surface area contributed by atoms with Gasteiger partial charge in [-0.3, -0.25) is 9.59 Å². The molecule has 1 aromatic rings. The molecule has 6 heteroatoms. The average molecular weight is 283 g/mol. The van der Waals surface area contributed by atoms with E-state index in [-0.39, 0.29) is 26.3 Å². The lowest BCUT2D eigenvalue weighted by Gasteiger charge is -2.22. The summed E-state index contributed by atoms with van der Waals surface area (Å²) in [5, 5.41) is 0.